The molecule has 0 aliphatic heterocycles. The van der Waals surface area contributed by atoms with E-state index in [1.165, 1.54) is 7.11 Å². The lowest BCUT2D eigenvalue weighted by Crippen LogP contribution is -1.98. The van der Waals surface area contributed by atoms with E-state index < -0.39 is 0 Å². The van der Waals surface area contributed by atoms with Gasteiger partial charge in [-0.25, -0.2) is 0 Å². The van der Waals surface area contributed by atoms with E-state index in [9.17, 15) is 4.79 Å². The molecule has 4 heteroatoms. The van der Waals surface area contributed by atoms with E-state index in [-0.39, 0.29) is 0 Å². The summed E-state index contributed by atoms with van der Waals surface area (Å²) in [7, 11) is 1.54. The summed E-state index contributed by atoms with van der Waals surface area (Å²) in [6, 6.07) is 12.5. The summed E-state index contributed by atoms with van der Waals surface area (Å²) in [4.78, 5) is 10.7. The van der Waals surface area contributed by atoms with Crippen molar-refractivity contribution in [2.75, 3.05) is 7.11 Å². The molecule has 2 rings (SSSR count). The number of carbonyl (C=O) groups excluding carboxylic acids is 1. The van der Waals surface area contributed by atoms with Gasteiger partial charge in [0.1, 0.15) is 12.9 Å². The molecular formula is C15H13ClO3. The fourth-order valence-electron chi connectivity index (χ4n) is 1.66. The number of rotatable bonds is 5. The Bertz CT molecular complexity index is 581. The molecule has 0 aliphatic rings. The Morgan fingerprint density at radius 3 is 2.68 bits per heavy atom. The first-order chi connectivity index (χ1) is 9.22. The molecule has 0 N–H and O–H groups in total. The summed E-state index contributed by atoms with van der Waals surface area (Å²) in [6.07, 6.45) is 0.767. The van der Waals surface area contributed by atoms with Gasteiger partial charge in [-0.05, 0) is 35.9 Å². The number of halogens is 1. The molecule has 2 aromatic rings. The van der Waals surface area contributed by atoms with E-state index in [2.05, 4.69) is 0 Å². The number of hydrogen-bond donors (Lipinski definition) is 0. The molecule has 0 saturated carbocycles. The van der Waals surface area contributed by atoms with Crippen LogP contribution in [0.25, 0.3) is 0 Å². The van der Waals surface area contributed by atoms with Gasteiger partial charge in [-0.3, -0.25) is 4.79 Å². The van der Waals surface area contributed by atoms with Crippen LogP contribution >= 0.6 is 11.6 Å². The topological polar surface area (TPSA) is 35.5 Å². The predicted octanol–water partition coefficient (Wildman–Crippen LogP) is 3.74. The first kappa shape index (κ1) is 13.4. The summed E-state index contributed by atoms with van der Waals surface area (Å²) >= 11 is 5.91. The van der Waals surface area contributed by atoms with Crippen LogP contribution in [-0.2, 0) is 6.61 Å². The largest absolute Gasteiger partial charge is 0.493 e. The third kappa shape index (κ3) is 3.48. The third-order valence-corrected chi connectivity index (χ3v) is 2.84. The first-order valence-corrected chi connectivity index (χ1v) is 6.11. The zero-order chi connectivity index (χ0) is 13.7. The molecule has 0 radical (unpaired) electrons. The summed E-state index contributed by atoms with van der Waals surface area (Å²) in [6.45, 7) is 0.386. The van der Waals surface area contributed by atoms with Crippen LogP contribution in [0, 0.1) is 0 Å². The van der Waals surface area contributed by atoms with Gasteiger partial charge < -0.3 is 9.47 Å². The van der Waals surface area contributed by atoms with Crippen molar-refractivity contribution in [2.45, 2.75) is 6.61 Å². The molecule has 0 heterocycles. The Labute approximate surface area is 116 Å². The average molecular weight is 277 g/mol. The number of ether oxygens (including phenoxy) is 2. The standard InChI is InChI=1S/C15H13ClO3/c1-18-15-8-11(9-17)5-6-14(15)19-10-12-3-2-4-13(16)7-12/h2-9H,10H2,1H3. The van der Waals surface area contributed by atoms with E-state index in [1.54, 1.807) is 18.2 Å². The number of aldehydes is 1. The van der Waals surface area contributed by atoms with Crippen molar-refractivity contribution >= 4 is 17.9 Å². The quantitative estimate of drug-likeness (QED) is 0.781. The number of carbonyl (C=O) groups is 1. The van der Waals surface area contributed by atoms with Crippen molar-refractivity contribution in [3.05, 3.63) is 58.6 Å². The van der Waals surface area contributed by atoms with Gasteiger partial charge in [0.25, 0.3) is 0 Å². The molecule has 0 bridgehead atoms. The fraction of sp³-hybridized carbons (Fsp3) is 0.133. The second kappa shape index (κ2) is 6.25. The smallest absolute Gasteiger partial charge is 0.161 e. The maximum atomic E-state index is 10.7. The summed E-state index contributed by atoms with van der Waals surface area (Å²) in [5, 5.41) is 0.671. The second-order valence-corrected chi connectivity index (χ2v) is 4.38. The number of hydrogen-bond acceptors (Lipinski definition) is 3. The van der Waals surface area contributed by atoms with Crippen LogP contribution in [0.1, 0.15) is 15.9 Å². The maximum Gasteiger partial charge on any atom is 0.161 e. The normalized spacial score (nSPS) is 10.0. The minimum absolute atomic E-state index is 0.386. The minimum Gasteiger partial charge on any atom is -0.493 e. The van der Waals surface area contributed by atoms with Gasteiger partial charge in [0.15, 0.2) is 11.5 Å². The van der Waals surface area contributed by atoms with Crippen molar-refractivity contribution in [1.29, 1.82) is 0 Å². The Morgan fingerprint density at radius 1 is 1.16 bits per heavy atom. The van der Waals surface area contributed by atoms with Crippen molar-refractivity contribution in [3.63, 3.8) is 0 Å². The van der Waals surface area contributed by atoms with Gasteiger partial charge in [-0.2, -0.15) is 0 Å². The molecule has 0 unspecified atom stereocenters. The SMILES string of the molecule is COc1cc(C=O)ccc1OCc1cccc(Cl)c1. The number of methoxy groups -OCH3 is 1. The molecule has 3 nitrogen and oxygen atoms in total. The van der Waals surface area contributed by atoms with Crippen LogP contribution in [-0.4, -0.2) is 13.4 Å². The van der Waals surface area contributed by atoms with E-state index in [0.29, 0.717) is 28.7 Å². The molecule has 0 aliphatic carbocycles. The number of benzene rings is 2. The van der Waals surface area contributed by atoms with Crippen molar-refractivity contribution in [1.82, 2.24) is 0 Å². The summed E-state index contributed by atoms with van der Waals surface area (Å²) in [5.74, 6) is 1.12. The lowest BCUT2D eigenvalue weighted by Gasteiger charge is -2.11. The van der Waals surface area contributed by atoms with Gasteiger partial charge >= 0.3 is 0 Å². The monoisotopic (exact) mass is 276 g/mol. The second-order valence-electron chi connectivity index (χ2n) is 3.95. The average Bonchev–Trinajstić information content (AvgIpc) is 2.45. The molecule has 0 atom stereocenters. The highest BCUT2D eigenvalue weighted by Gasteiger charge is 2.06. The summed E-state index contributed by atoms with van der Waals surface area (Å²) < 4.78 is 10.9. The Morgan fingerprint density at radius 2 is 2.00 bits per heavy atom. The zero-order valence-corrected chi connectivity index (χ0v) is 11.2. The van der Waals surface area contributed by atoms with Gasteiger partial charge in [0.05, 0.1) is 7.11 Å². The van der Waals surface area contributed by atoms with Crippen LogP contribution < -0.4 is 9.47 Å². The molecule has 2 aromatic carbocycles. The molecule has 0 fully saturated rings. The Balaban J connectivity index is 2.13. The fourth-order valence-corrected chi connectivity index (χ4v) is 1.88. The predicted molar refractivity (Wildman–Crippen MR) is 74.2 cm³/mol. The van der Waals surface area contributed by atoms with Gasteiger partial charge in [0, 0.05) is 10.6 Å². The van der Waals surface area contributed by atoms with Crippen LogP contribution in [0.2, 0.25) is 5.02 Å². The molecule has 19 heavy (non-hydrogen) atoms. The highest BCUT2D eigenvalue weighted by Crippen LogP contribution is 2.28. The van der Waals surface area contributed by atoms with Crippen molar-refractivity contribution in [3.8, 4) is 11.5 Å². The van der Waals surface area contributed by atoms with Gasteiger partial charge in [0.2, 0.25) is 0 Å². The first-order valence-electron chi connectivity index (χ1n) is 5.73. The van der Waals surface area contributed by atoms with E-state index in [4.69, 9.17) is 21.1 Å². The molecule has 0 spiro atoms. The van der Waals surface area contributed by atoms with E-state index in [0.717, 1.165) is 11.8 Å². The lowest BCUT2D eigenvalue weighted by molar-refractivity contribution is 0.112. The van der Waals surface area contributed by atoms with Crippen LogP contribution in [0.5, 0.6) is 11.5 Å². The highest BCUT2D eigenvalue weighted by molar-refractivity contribution is 6.30. The molecular weight excluding hydrogens is 264 g/mol. The molecule has 0 aromatic heterocycles. The van der Waals surface area contributed by atoms with Gasteiger partial charge in [-0.15, -0.1) is 0 Å². The van der Waals surface area contributed by atoms with Crippen LogP contribution in [0.15, 0.2) is 42.5 Å². The zero-order valence-electron chi connectivity index (χ0n) is 10.4. The van der Waals surface area contributed by atoms with Crippen molar-refractivity contribution in [2.24, 2.45) is 0 Å². The molecule has 98 valence electrons. The molecule has 0 saturated heterocycles. The third-order valence-electron chi connectivity index (χ3n) is 2.61. The van der Waals surface area contributed by atoms with Gasteiger partial charge in [-0.1, -0.05) is 23.7 Å². The van der Waals surface area contributed by atoms with E-state index in [1.807, 2.05) is 24.3 Å². The Hall–Kier alpha value is -2.00. The van der Waals surface area contributed by atoms with Crippen LogP contribution in [0.3, 0.4) is 0 Å². The molecule has 0 amide bonds. The summed E-state index contributed by atoms with van der Waals surface area (Å²) in [5.41, 5.74) is 1.51. The van der Waals surface area contributed by atoms with Crippen LogP contribution in [0.4, 0.5) is 0 Å². The minimum atomic E-state index is 0.386. The lowest BCUT2D eigenvalue weighted by atomic mass is 10.2. The maximum absolute atomic E-state index is 10.7. The van der Waals surface area contributed by atoms with Crippen molar-refractivity contribution < 1.29 is 14.3 Å². The highest BCUT2D eigenvalue weighted by atomic mass is 35.5. The Kier molecular flexibility index (Phi) is 4.42. The van der Waals surface area contributed by atoms with E-state index >= 15 is 0 Å².